The van der Waals surface area contributed by atoms with Crippen LogP contribution in [-0.2, 0) is 0 Å². The largest absolute Gasteiger partial charge is 0.497 e. The Labute approximate surface area is 174 Å². The fourth-order valence-electron chi connectivity index (χ4n) is 3.55. The highest BCUT2D eigenvalue weighted by Crippen LogP contribution is 2.32. The molecule has 1 aliphatic rings. The van der Waals surface area contributed by atoms with E-state index in [1.165, 1.54) is 0 Å². The Kier molecular flexibility index (Phi) is 5.56. The van der Waals surface area contributed by atoms with Gasteiger partial charge in [-0.15, -0.1) is 10.2 Å². The lowest BCUT2D eigenvalue weighted by Crippen LogP contribution is -2.28. The number of nitrogens with zero attached hydrogens (tertiary/aromatic N) is 3. The number of aromatic nitrogens is 2. The Morgan fingerprint density at radius 1 is 1.00 bits per heavy atom. The molecule has 3 aromatic rings. The Hall–Kier alpha value is -3.55. The number of amides is 1. The predicted octanol–water partition coefficient (Wildman–Crippen LogP) is 3.39. The summed E-state index contributed by atoms with van der Waals surface area (Å²) >= 11 is 0. The zero-order valence-corrected chi connectivity index (χ0v) is 17.1. The number of carbonyl (C=O) groups is 1. The molecular formula is C22H23N3O5. The first-order chi connectivity index (χ1) is 14.6. The smallest absolute Gasteiger partial charge is 0.254 e. The lowest BCUT2D eigenvalue weighted by atomic mass is 10.1. The number of methoxy groups -OCH3 is 3. The minimum Gasteiger partial charge on any atom is -0.497 e. The van der Waals surface area contributed by atoms with Crippen LogP contribution in [0.3, 0.4) is 0 Å². The summed E-state index contributed by atoms with van der Waals surface area (Å²) in [5.41, 5.74) is 1.38. The van der Waals surface area contributed by atoms with Gasteiger partial charge in [-0.25, -0.2) is 0 Å². The number of hydrogen-bond donors (Lipinski definition) is 0. The summed E-state index contributed by atoms with van der Waals surface area (Å²) in [5.74, 6) is 2.83. The summed E-state index contributed by atoms with van der Waals surface area (Å²) in [6.07, 6.45) is 0.767. The summed E-state index contributed by atoms with van der Waals surface area (Å²) in [6, 6.07) is 12.6. The number of rotatable bonds is 6. The fraction of sp³-hybridized carbons (Fsp3) is 0.318. The average molecular weight is 409 g/mol. The Morgan fingerprint density at radius 2 is 1.77 bits per heavy atom. The van der Waals surface area contributed by atoms with Crippen molar-refractivity contribution in [3.05, 3.63) is 53.9 Å². The van der Waals surface area contributed by atoms with Crippen molar-refractivity contribution in [2.75, 3.05) is 34.4 Å². The van der Waals surface area contributed by atoms with Crippen LogP contribution in [0.25, 0.3) is 11.5 Å². The summed E-state index contributed by atoms with van der Waals surface area (Å²) in [4.78, 5) is 14.7. The van der Waals surface area contributed by atoms with Gasteiger partial charge in [-0.2, -0.15) is 0 Å². The summed E-state index contributed by atoms with van der Waals surface area (Å²) in [5, 5.41) is 8.38. The van der Waals surface area contributed by atoms with Gasteiger partial charge in [0.25, 0.3) is 5.91 Å². The van der Waals surface area contributed by atoms with E-state index in [-0.39, 0.29) is 11.8 Å². The molecule has 1 saturated heterocycles. The van der Waals surface area contributed by atoms with E-state index in [4.69, 9.17) is 18.6 Å². The quantitative estimate of drug-likeness (QED) is 0.617. The normalized spacial score (nSPS) is 15.8. The van der Waals surface area contributed by atoms with Crippen molar-refractivity contribution < 1.29 is 23.4 Å². The maximum atomic E-state index is 12.9. The molecule has 0 bridgehead atoms. The number of carbonyl (C=O) groups excluding carboxylic acids is 1. The molecule has 0 N–H and O–H groups in total. The maximum absolute atomic E-state index is 12.9. The summed E-state index contributed by atoms with van der Waals surface area (Å²) in [7, 11) is 4.73. The van der Waals surface area contributed by atoms with E-state index in [0.29, 0.717) is 41.9 Å². The van der Waals surface area contributed by atoms with Crippen molar-refractivity contribution in [3.63, 3.8) is 0 Å². The monoisotopic (exact) mass is 409 g/mol. The molecular weight excluding hydrogens is 386 g/mol. The number of likely N-dealkylation sites (tertiary alicyclic amines) is 1. The molecule has 2 heterocycles. The highest BCUT2D eigenvalue weighted by atomic mass is 16.5. The Balaban J connectivity index is 1.45. The summed E-state index contributed by atoms with van der Waals surface area (Å²) in [6.45, 7) is 1.15. The van der Waals surface area contributed by atoms with E-state index in [2.05, 4.69) is 10.2 Å². The van der Waals surface area contributed by atoms with Crippen LogP contribution in [0.5, 0.6) is 17.2 Å². The first kappa shape index (κ1) is 19.8. The molecule has 0 spiro atoms. The molecule has 0 saturated carbocycles. The van der Waals surface area contributed by atoms with Crippen molar-refractivity contribution in [2.24, 2.45) is 0 Å². The molecule has 2 aromatic carbocycles. The van der Waals surface area contributed by atoms with Crippen LogP contribution in [0.4, 0.5) is 0 Å². The van der Waals surface area contributed by atoms with Gasteiger partial charge in [0.2, 0.25) is 11.8 Å². The van der Waals surface area contributed by atoms with E-state index in [0.717, 1.165) is 17.7 Å². The molecule has 8 heteroatoms. The summed E-state index contributed by atoms with van der Waals surface area (Å²) < 4.78 is 21.6. The van der Waals surface area contributed by atoms with Gasteiger partial charge in [-0.3, -0.25) is 4.79 Å². The van der Waals surface area contributed by atoms with Crippen molar-refractivity contribution in [2.45, 2.75) is 12.3 Å². The van der Waals surface area contributed by atoms with Crippen LogP contribution in [0.15, 0.2) is 46.9 Å². The fourth-order valence-corrected chi connectivity index (χ4v) is 3.55. The van der Waals surface area contributed by atoms with Crippen LogP contribution in [0.1, 0.15) is 28.6 Å². The van der Waals surface area contributed by atoms with E-state index in [9.17, 15) is 4.79 Å². The first-order valence-corrected chi connectivity index (χ1v) is 9.62. The van der Waals surface area contributed by atoms with Crippen LogP contribution in [0, 0.1) is 0 Å². The molecule has 0 radical (unpaired) electrons. The topological polar surface area (TPSA) is 86.9 Å². The van der Waals surface area contributed by atoms with Gasteiger partial charge in [0.05, 0.1) is 27.2 Å². The molecule has 0 aliphatic carbocycles. The second-order valence-electron chi connectivity index (χ2n) is 6.98. The van der Waals surface area contributed by atoms with Gasteiger partial charge < -0.3 is 23.5 Å². The molecule has 1 aliphatic heterocycles. The number of benzene rings is 2. The first-order valence-electron chi connectivity index (χ1n) is 9.62. The second kappa shape index (κ2) is 8.44. The van der Waals surface area contributed by atoms with Crippen LogP contribution < -0.4 is 14.2 Å². The van der Waals surface area contributed by atoms with Gasteiger partial charge in [0, 0.05) is 24.2 Å². The maximum Gasteiger partial charge on any atom is 0.254 e. The van der Waals surface area contributed by atoms with Crippen LogP contribution in [0.2, 0.25) is 0 Å². The molecule has 8 nitrogen and oxygen atoms in total. The van der Waals surface area contributed by atoms with Gasteiger partial charge in [-0.1, -0.05) is 0 Å². The van der Waals surface area contributed by atoms with Crippen molar-refractivity contribution in [3.8, 4) is 28.7 Å². The molecule has 1 amide bonds. The van der Waals surface area contributed by atoms with Crippen molar-refractivity contribution in [1.82, 2.24) is 15.1 Å². The molecule has 156 valence electrons. The van der Waals surface area contributed by atoms with E-state index >= 15 is 0 Å². The third-order valence-electron chi connectivity index (χ3n) is 5.23. The molecule has 1 fully saturated rings. The minimum atomic E-state index is -0.0617. The number of ether oxygens (including phenoxy) is 3. The Morgan fingerprint density at radius 3 is 2.47 bits per heavy atom. The highest BCUT2D eigenvalue weighted by molar-refractivity contribution is 5.95. The zero-order chi connectivity index (χ0) is 21.1. The van der Waals surface area contributed by atoms with Crippen molar-refractivity contribution in [1.29, 1.82) is 0 Å². The van der Waals surface area contributed by atoms with Gasteiger partial charge in [0.15, 0.2) is 11.5 Å². The van der Waals surface area contributed by atoms with Gasteiger partial charge in [-0.05, 0) is 48.9 Å². The van der Waals surface area contributed by atoms with Gasteiger partial charge in [0.1, 0.15) is 5.75 Å². The second-order valence-corrected chi connectivity index (χ2v) is 6.98. The predicted molar refractivity (Wildman–Crippen MR) is 109 cm³/mol. The van der Waals surface area contributed by atoms with E-state index in [1.54, 1.807) is 44.4 Å². The zero-order valence-electron chi connectivity index (χ0n) is 17.1. The third-order valence-corrected chi connectivity index (χ3v) is 5.23. The number of hydrogen-bond acceptors (Lipinski definition) is 7. The molecule has 4 rings (SSSR count). The lowest BCUT2D eigenvalue weighted by molar-refractivity contribution is 0.0789. The highest BCUT2D eigenvalue weighted by Gasteiger charge is 2.32. The van der Waals surface area contributed by atoms with Crippen LogP contribution in [-0.4, -0.2) is 55.4 Å². The third kappa shape index (κ3) is 3.80. The standard InChI is InChI=1S/C22H23N3O5/c1-27-17-7-4-14(5-8-17)20-23-24-21(30-20)16-10-11-25(13-16)22(26)15-6-9-18(28-2)19(12-15)29-3/h4-9,12,16H,10-11,13H2,1-3H3. The van der Waals surface area contributed by atoms with E-state index < -0.39 is 0 Å². The minimum absolute atomic E-state index is 0.00796. The van der Waals surface area contributed by atoms with E-state index in [1.807, 2.05) is 24.3 Å². The van der Waals surface area contributed by atoms with Gasteiger partial charge >= 0.3 is 0 Å². The van der Waals surface area contributed by atoms with Crippen LogP contribution >= 0.6 is 0 Å². The average Bonchev–Trinajstić information content (AvgIpc) is 3.48. The molecule has 1 atom stereocenters. The SMILES string of the molecule is COc1ccc(-c2nnc(C3CCN(C(=O)c4ccc(OC)c(OC)c4)C3)o2)cc1. The lowest BCUT2D eigenvalue weighted by Gasteiger charge is -2.17. The Bertz CT molecular complexity index is 1030. The van der Waals surface area contributed by atoms with Crippen molar-refractivity contribution >= 4 is 5.91 Å². The molecule has 1 aromatic heterocycles. The molecule has 30 heavy (non-hydrogen) atoms. The molecule has 1 unspecified atom stereocenters.